The van der Waals surface area contributed by atoms with Gasteiger partial charge in [0, 0.05) is 39.5 Å². The summed E-state index contributed by atoms with van der Waals surface area (Å²) >= 11 is 0. The van der Waals surface area contributed by atoms with E-state index in [2.05, 4.69) is 15.2 Å². The Balaban J connectivity index is 2.18. The summed E-state index contributed by atoms with van der Waals surface area (Å²) in [6.07, 6.45) is -2.10. The Morgan fingerprint density at radius 3 is 2.85 bits per heavy atom. The molecular weight excluding hydrogens is 275 g/mol. The van der Waals surface area contributed by atoms with Crippen molar-refractivity contribution < 1.29 is 22.6 Å². The van der Waals surface area contributed by atoms with E-state index in [0.29, 0.717) is 26.1 Å². The number of aryl methyl sites for hydroxylation is 1. The fourth-order valence-electron chi connectivity index (χ4n) is 1.61. The zero-order valence-electron chi connectivity index (χ0n) is 11.4. The quantitative estimate of drug-likeness (QED) is 0.666. The fourth-order valence-corrected chi connectivity index (χ4v) is 1.61. The van der Waals surface area contributed by atoms with Crippen LogP contribution in [-0.4, -0.2) is 49.4 Å². The van der Waals surface area contributed by atoms with Crippen LogP contribution in [0.4, 0.5) is 13.2 Å². The monoisotopic (exact) mass is 295 g/mol. The molecule has 20 heavy (non-hydrogen) atoms. The molecule has 0 unspecified atom stereocenters. The molecule has 0 spiro atoms. The van der Waals surface area contributed by atoms with E-state index in [4.69, 9.17) is 4.74 Å². The van der Waals surface area contributed by atoms with Gasteiger partial charge in [-0.05, 0) is 12.5 Å². The lowest BCUT2D eigenvalue weighted by atomic mass is 10.4. The number of methoxy groups -OCH3 is 1. The Morgan fingerprint density at radius 2 is 2.15 bits per heavy atom. The summed E-state index contributed by atoms with van der Waals surface area (Å²) in [4.78, 5) is 0. The lowest BCUT2D eigenvalue weighted by Gasteiger charge is -2.10. The SMILES string of the molecule is COCCNCc1ccnn1CCCOCC(F)(F)F. The van der Waals surface area contributed by atoms with Gasteiger partial charge in [0.2, 0.25) is 0 Å². The molecule has 0 bridgehead atoms. The molecule has 0 aliphatic heterocycles. The zero-order valence-corrected chi connectivity index (χ0v) is 11.4. The topological polar surface area (TPSA) is 48.3 Å². The maximum atomic E-state index is 11.9. The first kappa shape index (κ1) is 16.9. The van der Waals surface area contributed by atoms with Crippen molar-refractivity contribution in [3.63, 3.8) is 0 Å². The summed E-state index contributed by atoms with van der Waals surface area (Å²) in [7, 11) is 1.63. The first-order valence-corrected chi connectivity index (χ1v) is 6.38. The fraction of sp³-hybridized carbons (Fsp3) is 0.750. The van der Waals surface area contributed by atoms with Crippen molar-refractivity contribution in [1.82, 2.24) is 15.1 Å². The minimum Gasteiger partial charge on any atom is -0.383 e. The Morgan fingerprint density at radius 1 is 1.35 bits per heavy atom. The second kappa shape index (κ2) is 8.93. The second-order valence-electron chi connectivity index (χ2n) is 4.24. The molecule has 0 aromatic carbocycles. The third-order valence-corrected chi connectivity index (χ3v) is 2.52. The lowest BCUT2D eigenvalue weighted by molar-refractivity contribution is -0.174. The summed E-state index contributed by atoms with van der Waals surface area (Å²) < 4.78 is 46.8. The van der Waals surface area contributed by atoms with E-state index in [9.17, 15) is 13.2 Å². The highest BCUT2D eigenvalue weighted by atomic mass is 19.4. The molecule has 0 radical (unpaired) electrons. The molecule has 0 amide bonds. The van der Waals surface area contributed by atoms with E-state index in [0.717, 1.165) is 12.2 Å². The van der Waals surface area contributed by atoms with Crippen LogP contribution in [-0.2, 0) is 22.6 Å². The summed E-state index contributed by atoms with van der Waals surface area (Å²) in [5.41, 5.74) is 0.983. The number of rotatable bonds is 10. The molecule has 0 atom stereocenters. The Hall–Kier alpha value is -1.12. The van der Waals surface area contributed by atoms with E-state index < -0.39 is 12.8 Å². The first-order chi connectivity index (χ1) is 9.53. The van der Waals surface area contributed by atoms with Gasteiger partial charge in [0.1, 0.15) is 6.61 Å². The molecule has 1 rings (SSSR count). The maximum absolute atomic E-state index is 11.9. The minimum absolute atomic E-state index is 0.0654. The number of ether oxygens (including phenoxy) is 2. The average molecular weight is 295 g/mol. The molecular formula is C12H20F3N3O2. The third kappa shape index (κ3) is 7.46. The van der Waals surface area contributed by atoms with Gasteiger partial charge >= 0.3 is 6.18 Å². The minimum atomic E-state index is -4.26. The summed E-state index contributed by atoms with van der Waals surface area (Å²) in [6.45, 7) is 1.40. The number of nitrogens with zero attached hydrogens (tertiary/aromatic N) is 2. The molecule has 5 nitrogen and oxygen atoms in total. The van der Waals surface area contributed by atoms with Gasteiger partial charge in [-0.15, -0.1) is 0 Å². The van der Waals surface area contributed by atoms with Crippen LogP contribution in [0.2, 0.25) is 0 Å². The number of aromatic nitrogens is 2. The normalized spacial score (nSPS) is 12.0. The molecule has 1 aromatic heterocycles. The van der Waals surface area contributed by atoms with Crippen molar-refractivity contribution in [3.05, 3.63) is 18.0 Å². The molecule has 0 fully saturated rings. The predicted molar refractivity (Wildman–Crippen MR) is 67.3 cm³/mol. The highest BCUT2D eigenvalue weighted by Gasteiger charge is 2.27. The average Bonchev–Trinajstić information content (AvgIpc) is 2.80. The van der Waals surface area contributed by atoms with Gasteiger partial charge < -0.3 is 14.8 Å². The van der Waals surface area contributed by atoms with Crippen molar-refractivity contribution in [3.8, 4) is 0 Å². The van der Waals surface area contributed by atoms with Gasteiger partial charge in [-0.3, -0.25) is 4.68 Å². The zero-order chi connectivity index (χ0) is 14.8. The lowest BCUT2D eigenvalue weighted by Crippen LogP contribution is -2.21. The number of alkyl halides is 3. The van der Waals surface area contributed by atoms with Crippen LogP contribution in [0.3, 0.4) is 0 Å². The van der Waals surface area contributed by atoms with Crippen molar-refractivity contribution in [2.45, 2.75) is 25.7 Å². The summed E-state index contributed by atoms with van der Waals surface area (Å²) in [5, 5.41) is 7.31. The predicted octanol–water partition coefficient (Wildman–Crippen LogP) is 1.59. The van der Waals surface area contributed by atoms with Gasteiger partial charge in [-0.25, -0.2) is 0 Å². The van der Waals surface area contributed by atoms with Gasteiger partial charge in [0.05, 0.1) is 12.3 Å². The third-order valence-electron chi connectivity index (χ3n) is 2.52. The van der Waals surface area contributed by atoms with Gasteiger partial charge in [-0.2, -0.15) is 18.3 Å². The van der Waals surface area contributed by atoms with E-state index in [1.54, 1.807) is 18.0 Å². The molecule has 0 aliphatic rings. The van der Waals surface area contributed by atoms with Crippen LogP contribution in [0.5, 0.6) is 0 Å². The molecule has 0 saturated heterocycles. The molecule has 116 valence electrons. The molecule has 0 aliphatic carbocycles. The van der Waals surface area contributed by atoms with E-state index >= 15 is 0 Å². The van der Waals surface area contributed by atoms with Crippen LogP contribution >= 0.6 is 0 Å². The van der Waals surface area contributed by atoms with Gasteiger partial charge in [0.25, 0.3) is 0 Å². The largest absolute Gasteiger partial charge is 0.411 e. The molecule has 1 aromatic rings. The smallest absolute Gasteiger partial charge is 0.383 e. The highest BCUT2D eigenvalue weighted by molar-refractivity contribution is 4.99. The van der Waals surface area contributed by atoms with Gasteiger partial charge in [-0.1, -0.05) is 0 Å². The molecule has 0 saturated carbocycles. The number of nitrogens with one attached hydrogen (secondary N) is 1. The van der Waals surface area contributed by atoms with E-state index in [1.165, 1.54) is 0 Å². The summed E-state index contributed by atoms with van der Waals surface area (Å²) in [6, 6.07) is 1.87. The van der Waals surface area contributed by atoms with Crippen molar-refractivity contribution >= 4 is 0 Å². The highest BCUT2D eigenvalue weighted by Crippen LogP contribution is 2.14. The van der Waals surface area contributed by atoms with Crippen LogP contribution in [0.1, 0.15) is 12.1 Å². The number of hydrogen-bond donors (Lipinski definition) is 1. The Bertz CT molecular complexity index is 369. The second-order valence-corrected chi connectivity index (χ2v) is 4.24. The van der Waals surface area contributed by atoms with E-state index in [1.807, 2.05) is 6.07 Å². The van der Waals surface area contributed by atoms with Crippen molar-refractivity contribution in [2.75, 3.05) is 33.5 Å². The maximum Gasteiger partial charge on any atom is 0.411 e. The Labute approximate surface area is 116 Å². The molecule has 8 heteroatoms. The summed E-state index contributed by atoms with van der Waals surface area (Å²) in [5.74, 6) is 0. The number of halogens is 3. The standard InChI is InChI=1S/C12H20F3N3O2/c1-19-8-5-16-9-11-3-4-17-18(11)6-2-7-20-10-12(13,14)15/h3-4,16H,2,5-10H2,1H3. The molecule has 1 heterocycles. The van der Waals surface area contributed by atoms with Crippen LogP contribution in [0.25, 0.3) is 0 Å². The Kier molecular flexibility index (Phi) is 7.56. The van der Waals surface area contributed by atoms with Crippen molar-refractivity contribution in [1.29, 1.82) is 0 Å². The first-order valence-electron chi connectivity index (χ1n) is 6.38. The van der Waals surface area contributed by atoms with E-state index in [-0.39, 0.29) is 6.61 Å². The van der Waals surface area contributed by atoms with Crippen molar-refractivity contribution in [2.24, 2.45) is 0 Å². The molecule has 1 N–H and O–H groups in total. The van der Waals surface area contributed by atoms with Crippen LogP contribution in [0.15, 0.2) is 12.3 Å². The number of hydrogen-bond acceptors (Lipinski definition) is 4. The van der Waals surface area contributed by atoms with Gasteiger partial charge in [0.15, 0.2) is 0 Å². The van der Waals surface area contributed by atoms with Crippen LogP contribution in [0, 0.1) is 0 Å². The van der Waals surface area contributed by atoms with Crippen LogP contribution < -0.4 is 5.32 Å².